The van der Waals surface area contributed by atoms with Crippen LogP contribution in [0.25, 0.3) is 11.1 Å². The molecule has 0 saturated heterocycles. The summed E-state index contributed by atoms with van der Waals surface area (Å²) in [4.78, 5) is 2.55. The Hall–Kier alpha value is -3.52. The van der Waals surface area contributed by atoms with Crippen LogP contribution in [0.1, 0.15) is 43.2 Å². The van der Waals surface area contributed by atoms with Crippen LogP contribution in [0.2, 0.25) is 0 Å². The van der Waals surface area contributed by atoms with Crippen molar-refractivity contribution in [2.45, 2.75) is 52.0 Å². The lowest BCUT2D eigenvalue weighted by Crippen LogP contribution is -2.33. The average molecular weight is 447 g/mol. The Labute approximate surface area is 204 Å². The van der Waals surface area contributed by atoms with Crippen molar-refractivity contribution in [1.82, 2.24) is 4.90 Å². The summed E-state index contributed by atoms with van der Waals surface area (Å²) in [6.07, 6.45) is 26.1. The van der Waals surface area contributed by atoms with Gasteiger partial charge in [0.05, 0.1) is 6.04 Å². The third-order valence-corrected chi connectivity index (χ3v) is 6.90. The molecule has 0 aliphatic heterocycles. The van der Waals surface area contributed by atoms with Crippen molar-refractivity contribution in [3.63, 3.8) is 0 Å². The van der Waals surface area contributed by atoms with E-state index in [0.29, 0.717) is 6.04 Å². The summed E-state index contributed by atoms with van der Waals surface area (Å²) < 4.78 is 0. The Morgan fingerprint density at radius 3 is 2.53 bits per heavy atom. The largest absolute Gasteiger partial charge is 0.356 e. The van der Waals surface area contributed by atoms with Crippen molar-refractivity contribution in [3.05, 3.63) is 125 Å². The molecule has 0 amide bonds. The zero-order valence-corrected chi connectivity index (χ0v) is 20.3. The topological polar surface area (TPSA) is 15.3 Å². The molecule has 2 heteroatoms. The maximum atomic E-state index is 3.72. The fourth-order valence-corrected chi connectivity index (χ4v) is 5.10. The second-order valence-electron chi connectivity index (χ2n) is 9.40. The summed E-state index contributed by atoms with van der Waals surface area (Å²) in [6, 6.07) is 15.7. The second-order valence-corrected chi connectivity index (χ2v) is 9.40. The predicted molar refractivity (Wildman–Crippen MR) is 145 cm³/mol. The van der Waals surface area contributed by atoms with Crippen molar-refractivity contribution >= 4 is 5.69 Å². The summed E-state index contributed by atoms with van der Waals surface area (Å²) in [6.45, 7) is 4.38. The quantitative estimate of drug-likeness (QED) is 0.479. The molecule has 3 aliphatic carbocycles. The molecule has 0 radical (unpaired) electrons. The van der Waals surface area contributed by atoms with Gasteiger partial charge in [-0.05, 0) is 92.5 Å². The van der Waals surface area contributed by atoms with Gasteiger partial charge in [0.15, 0.2) is 0 Å². The van der Waals surface area contributed by atoms with E-state index in [9.17, 15) is 0 Å². The lowest BCUT2D eigenvalue weighted by Gasteiger charge is -2.37. The molecule has 0 saturated carbocycles. The molecule has 34 heavy (non-hydrogen) atoms. The van der Waals surface area contributed by atoms with E-state index in [4.69, 9.17) is 0 Å². The van der Waals surface area contributed by atoms with Gasteiger partial charge < -0.3 is 10.2 Å². The van der Waals surface area contributed by atoms with Crippen LogP contribution < -0.4 is 5.32 Å². The number of nitrogens with one attached hydrogen (secondary N) is 1. The second kappa shape index (κ2) is 10.2. The molecule has 0 spiro atoms. The minimum absolute atomic E-state index is 0.372. The molecule has 1 N–H and O–H groups in total. The van der Waals surface area contributed by atoms with E-state index in [1.807, 2.05) is 0 Å². The van der Waals surface area contributed by atoms with Gasteiger partial charge in [-0.1, -0.05) is 72.9 Å². The fraction of sp³-hybridized carbons (Fsp3) is 0.250. The Kier molecular flexibility index (Phi) is 6.67. The van der Waals surface area contributed by atoms with E-state index in [-0.39, 0.29) is 0 Å². The highest BCUT2D eigenvalue weighted by Crippen LogP contribution is 2.33. The number of nitrogens with zero attached hydrogens (tertiary/aromatic N) is 1. The van der Waals surface area contributed by atoms with Crippen LogP contribution in [0.3, 0.4) is 0 Å². The van der Waals surface area contributed by atoms with Gasteiger partial charge in [-0.3, -0.25) is 0 Å². The Bertz CT molecular complexity index is 1240. The summed E-state index contributed by atoms with van der Waals surface area (Å²) in [7, 11) is 0. The Balaban J connectivity index is 1.43. The Morgan fingerprint density at radius 1 is 0.853 bits per heavy atom. The van der Waals surface area contributed by atoms with Gasteiger partial charge in [0.1, 0.15) is 0 Å². The normalized spacial score (nSPS) is 19.4. The van der Waals surface area contributed by atoms with Gasteiger partial charge in [0, 0.05) is 22.8 Å². The van der Waals surface area contributed by atoms with Crippen LogP contribution in [-0.4, -0.2) is 10.9 Å². The van der Waals surface area contributed by atoms with Crippen LogP contribution in [-0.2, 0) is 0 Å². The van der Waals surface area contributed by atoms with Crippen LogP contribution in [0.4, 0.5) is 5.69 Å². The number of hydrogen-bond donors (Lipinski definition) is 1. The first kappa shape index (κ1) is 22.3. The zero-order chi connectivity index (χ0) is 23.3. The molecule has 1 unspecified atom stereocenters. The molecule has 0 fully saturated rings. The molecule has 1 atom stereocenters. The SMILES string of the molecule is Cc1ccccc1-c1cc(NC2=CCCC(N(C3=CCCC=C3)C3C=CC=CC3)=C2)ccc1C. The van der Waals surface area contributed by atoms with Crippen LogP contribution in [0.15, 0.2) is 114 Å². The number of rotatable bonds is 6. The Morgan fingerprint density at radius 2 is 1.74 bits per heavy atom. The molecule has 0 heterocycles. The minimum atomic E-state index is 0.372. The number of benzene rings is 2. The smallest absolute Gasteiger partial charge is 0.0556 e. The first-order valence-electron chi connectivity index (χ1n) is 12.5. The van der Waals surface area contributed by atoms with Crippen molar-refractivity contribution in [2.24, 2.45) is 0 Å². The summed E-state index contributed by atoms with van der Waals surface area (Å²) >= 11 is 0. The highest BCUT2D eigenvalue weighted by atomic mass is 15.2. The number of anilines is 1. The van der Waals surface area contributed by atoms with Crippen LogP contribution in [0, 0.1) is 13.8 Å². The molecule has 0 aromatic heterocycles. The summed E-state index contributed by atoms with van der Waals surface area (Å²) in [5.74, 6) is 0. The highest BCUT2D eigenvalue weighted by molar-refractivity contribution is 5.74. The highest BCUT2D eigenvalue weighted by Gasteiger charge is 2.23. The lowest BCUT2D eigenvalue weighted by molar-refractivity contribution is 0.355. The first-order chi connectivity index (χ1) is 16.7. The van der Waals surface area contributed by atoms with Crippen molar-refractivity contribution in [2.75, 3.05) is 5.32 Å². The van der Waals surface area contributed by atoms with Crippen LogP contribution >= 0.6 is 0 Å². The van der Waals surface area contributed by atoms with Gasteiger partial charge in [0.25, 0.3) is 0 Å². The molecule has 5 rings (SSSR count). The predicted octanol–water partition coefficient (Wildman–Crippen LogP) is 8.36. The van der Waals surface area contributed by atoms with Crippen molar-refractivity contribution < 1.29 is 0 Å². The minimum Gasteiger partial charge on any atom is -0.356 e. The number of aryl methyl sites for hydroxylation is 2. The summed E-state index contributed by atoms with van der Waals surface area (Å²) in [5.41, 5.74) is 10.2. The van der Waals surface area contributed by atoms with E-state index in [1.165, 1.54) is 39.3 Å². The standard InChI is InChI=1S/C32H34N2/c1-24-12-9-10-19-31(24)32-23-27(21-20-25(32)2)33-26-13-11-18-30(22-26)34(28-14-5-3-6-15-28)29-16-7-4-8-17-29/h3,5-7,9-10,12-14,16-17,19-23,28,33H,4,8,11,15,18H2,1-2H3. The first-order valence-corrected chi connectivity index (χ1v) is 12.5. The molecule has 2 aromatic rings. The van der Waals surface area contributed by atoms with Gasteiger partial charge in [-0.25, -0.2) is 0 Å². The fourth-order valence-electron chi connectivity index (χ4n) is 5.10. The molecule has 2 nitrogen and oxygen atoms in total. The molecule has 3 aliphatic rings. The van der Waals surface area contributed by atoms with Gasteiger partial charge >= 0.3 is 0 Å². The van der Waals surface area contributed by atoms with E-state index in [0.717, 1.165) is 37.8 Å². The van der Waals surface area contributed by atoms with Gasteiger partial charge in [-0.2, -0.15) is 0 Å². The van der Waals surface area contributed by atoms with E-state index in [2.05, 4.69) is 121 Å². The van der Waals surface area contributed by atoms with Crippen LogP contribution in [0.5, 0.6) is 0 Å². The van der Waals surface area contributed by atoms with E-state index >= 15 is 0 Å². The monoisotopic (exact) mass is 446 g/mol. The van der Waals surface area contributed by atoms with Crippen molar-refractivity contribution in [1.29, 1.82) is 0 Å². The zero-order valence-electron chi connectivity index (χ0n) is 20.3. The molecule has 2 aromatic carbocycles. The van der Waals surface area contributed by atoms with Crippen molar-refractivity contribution in [3.8, 4) is 11.1 Å². The maximum Gasteiger partial charge on any atom is 0.0556 e. The lowest BCUT2D eigenvalue weighted by atomic mass is 9.96. The van der Waals surface area contributed by atoms with E-state index < -0.39 is 0 Å². The molecular weight excluding hydrogens is 412 g/mol. The molecular formula is C32H34N2. The average Bonchev–Trinajstić information content (AvgIpc) is 2.87. The van der Waals surface area contributed by atoms with Gasteiger partial charge in [-0.15, -0.1) is 0 Å². The summed E-state index contributed by atoms with van der Waals surface area (Å²) in [5, 5.41) is 3.72. The molecule has 0 bridgehead atoms. The number of hydrogen-bond acceptors (Lipinski definition) is 2. The number of allylic oxidation sites excluding steroid dienone is 8. The third kappa shape index (κ3) is 4.87. The maximum absolute atomic E-state index is 3.72. The van der Waals surface area contributed by atoms with Gasteiger partial charge in [0.2, 0.25) is 0 Å². The third-order valence-electron chi connectivity index (χ3n) is 6.90. The van der Waals surface area contributed by atoms with E-state index in [1.54, 1.807) is 0 Å². The molecule has 172 valence electrons.